The van der Waals surface area contributed by atoms with E-state index < -0.39 is 6.09 Å². The van der Waals surface area contributed by atoms with Crippen molar-refractivity contribution in [1.82, 2.24) is 5.32 Å². The van der Waals surface area contributed by atoms with E-state index in [0.29, 0.717) is 19.8 Å². The highest BCUT2D eigenvalue weighted by molar-refractivity contribution is 5.65. The molecule has 1 saturated heterocycles. The van der Waals surface area contributed by atoms with Crippen molar-refractivity contribution in [1.29, 1.82) is 0 Å². The first-order chi connectivity index (χ1) is 9.70. The van der Waals surface area contributed by atoms with Crippen molar-refractivity contribution in [3.8, 4) is 0 Å². The van der Waals surface area contributed by atoms with Gasteiger partial charge in [-0.1, -0.05) is 24.3 Å². The Balaban J connectivity index is 1.70. The van der Waals surface area contributed by atoms with E-state index >= 15 is 0 Å². The molecule has 3 rings (SSSR count). The Labute approximate surface area is 117 Å². The number of fused-ring (bicyclic) bond motifs is 1. The molecule has 5 nitrogen and oxygen atoms in total. The average molecular weight is 277 g/mol. The van der Waals surface area contributed by atoms with Crippen LogP contribution in [0.4, 0.5) is 4.79 Å². The van der Waals surface area contributed by atoms with Crippen LogP contribution in [-0.4, -0.2) is 37.2 Å². The summed E-state index contributed by atoms with van der Waals surface area (Å²) < 4.78 is 10.9. The molecular formula is C15H19NO4. The SMILES string of the molecule is O=C(O)NCC1(CCC2OCCO2)Cc2ccccc21. The lowest BCUT2D eigenvalue weighted by Gasteiger charge is -2.44. The minimum Gasteiger partial charge on any atom is -0.465 e. The van der Waals surface area contributed by atoms with Crippen LogP contribution in [0.15, 0.2) is 24.3 Å². The third kappa shape index (κ3) is 2.51. The molecule has 2 aliphatic rings. The van der Waals surface area contributed by atoms with Crippen molar-refractivity contribution in [3.05, 3.63) is 35.4 Å². The normalized spacial score (nSPS) is 25.0. The zero-order valence-corrected chi connectivity index (χ0v) is 11.3. The van der Waals surface area contributed by atoms with Gasteiger partial charge >= 0.3 is 6.09 Å². The molecule has 5 heteroatoms. The maximum Gasteiger partial charge on any atom is 0.404 e. The van der Waals surface area contributed by atoms with Gasteiger partial charge in [-0.3, -0.25) is 0 Å². The summed E-state index contributed by atoms with van der Waals surface area (Å²) in [5.74, 6) is 0. The van der Waals surface area contributed by atoms with Gasteiger partial charge in [0.05, 0.1) is 13.2 Å². The highest BCUT2D eigenvalue weighted by atomic mass is 16.7. The standard InChI is InChI=1S/C15H19NO4/c17-14(18)16-10-15(6-5-13-19-7-8-20-13)9-11-3-1-2-4-12(11)15/h1-4,13,16H,5-10H2,(H,17,18). The average Bonchev–Trinajstić information content (AvgIpc) is 2.92. The van der Waals surface area contributed by atoms with Crippen molar-refractivity contribution < 1.29 is 19.4 Å². The number of carboxylic acid groups (broad SMARTS) is 1. The van der Waals surface area contributed by atoms with E-state index in [4.69, 9.17) is 14.6 Å². The molecule has 20 heavy (non-hydrogen) atoms. The first-order valence-electron chi connectivity index (χ1n) is 6.98. The van der Waals surface area contributed by atoms with E-state index in [1.54, 1.807) is 0 Å². The second-order valence-electron chi connectivity index (χ2n) is 5.48. The predicted octanol–water partition coefficient (Wildman–Crippen LogP) is 1.90. The van der Waals surface area contributed by atoms with Crippen LogP contribution in [0.3, 0.4) is 0 Å². The van der Waals surface area contributed by atoms with E-state index in [1.807, 2.05) is 12.1 Å². The van der Waals surface area contributed by atoms with E-state index in [2.05, 4.69) is 17.4 Å². The Morgan fingerprint density at radius 3 is 2.80 bits per heavy atom. The Bertz CT molecular complexity index is 498. The molecule has 0 radical (unpaired) electrons. The number of ether oxygens (including phenoxy) is 2. The summed E-state index contributed by atoms with van der Waals surface area (Å²) in [6, 6.07) is 8.24. The van der Waals surface area contributed by atoms with Gasteiger partial charge in [-0.05, 0) is 30.4 Å². The Hall–Kier alpha value is -1.59. The third-order valence-corrected chi connectivity index (χ3v) is 4.24. The maximum absolute atomic E-state index is 10.8. The lowest BCUT2D eigenvalue weighted by molar-refractivity contribution is -0.0520. The molecular weight excluding hydrogens is 258 g/mol. The van der Waals surface area contributed by atoms with E-state index in [0.717, 1.165) is 19.3 Å². The number of carbonyl (C=O) groups is 1. The van der Waals surface area contributed by atoms with Crippen molar-refractivity contribution in [2.45, 2.75) is 31.0 Å². The van der Waals surface area contributed by atoms with Gasteiger partial charge in [0, 0.05) is 12.0 Å². The van der Waals surface area contributed by atoms with Crippen LogP contribution in [0, 0.1) is 0 Å². The summed E-state index contributed by atoms with van der Waals surface area (Å²) >= 11 is 0. The smallest absolute Gasteiger partial charge is 0.404 e. The van der Waals surface area contributed by atoms with Gasteiger partial charge in [0.2, 0.25) is 0 Å². The predicted molar refractivity (Wildman–Crippen MR) is 72.8 cm³/mol. The Morgan fingerprint density at radius 1 is 1.35 bits per heavy atom. The molecule has 1 unspecified atom stereocenters. The molecule has 1 fully saturated rings. The van der Waals surface area contributed by atoms with Crippen LogP contribution in [0.1, 0.15) is 24.0 Å². The lowest BCUT2D eigenvalue weighted by atomic mass is 9.61. The molecule has 1 heterocycles. The summed E-state index contributed by atoms with van der Waals surface area (Å²) in [6.07, 6.45) is 1.48. The van der Waals surface area contributed by atoms with Crippen molar-refractivity contribution >= 4 is 6.09 Å². The second kappa shape index (κ2) is 5.42. The number of benzene rings is 1. The first-order valence-corrected chi connectivity index (χ1v) is 6.98. The molecule has 108 valence electrons. The number of rotatable bonds is 5. The van der Waals surface area contributed by atoms with Gasteiger partial charge in [0.1, 0.15) is 0 Å². The molecule has 2 N–H and O–H groups in total. The van der Waals surface area contributed by atoms with Gasteiger partial charge < -0.3 is 19.9 Å². The molecule has 1 aliphatic heterocycles. The van der Waals surface area contributed by atoms with Crippen LogP contribution in [-0.2, 0) is 21.3 Å². The van der Waals surface area contributed by atoms with Gasteiger partial charge in [0.15, 0.2) is 6.29 Å². The highest BCUT2D eigenvalue weighted by Gasteiger charge is 2.42. The minimum atomic E-state index is -0.970. The van der Waals surface area contributed by atoms with Crippen molar-refractivity contribution in [2.24, 2.45) is 0 Å². The Morgan fingerprint density at radius 2 is 2.10 bits per heavy atom. The molecule has 1 aliphatic carbocycles. The van der Waals surface area contributed by atoms with Crippen LogP contribution < -0.4 is 5.32 Å². The molecule has 1 amide bonds. The summed E-state index contributed by atoms with van der Waals surface area (Å²) in [5, 5.41) is 11.4. The fourth-order valence-corrected chi connectivity index (χ4v) is 3.23. The quantitative estimate of drug-likeness (QED) is 0.862. The minimum absolute atomic E-state index is 0.107. The van der Waals surface area contributed by atoms with Crippen LogP contribution in [0.2, 0.25) is 0 Å². The number of hydrogen-bond donors (Lipinski definition) is 2. The van der Waals surface area contributed by atoms with E-state index in [1.165, 1.54) is 11.1 Å². The largest absolute Gasteiger partial charge is 0.465 e. The first kappa shape index (κ1) is 13.4. The summed E-state index contributed by atoms with van der Waals surface area (Å²) in [7, 11) is 0. The molecule has 0 bridgehead atoms. The topological polar surface area (TPSA) is 67.8 Å². The molecule has 0 saturated carbocycles. The third-order valence-electron chi connectivity index (χ3n) is 4.24. The van der Waals surface area contributed by atoms with Crippen molar-refractivity contribution in [2.75, 3.05) is 19.8 Å². The lowest BCUT2D eigenvalue weighted by Crippen LogP contribution is -2.48. The fourth-order valence-electron chi connectivity index (χ4n) is 3.23. The molecule has 1 atom stereocenters. The van der Waals surface area contributed by atoms with Gasteiger partial charge in [-0.15, -0.1) is 0 Å². The maximum atomic E-state index is 10.8. The van der Waals surface area contributed by atoms with Gasteiger partial charge in [-0.2, -0.15) is 0 Å². The van der Waals surface area contributed by atoms with Crippen molar-refractivity contribution in [3.63, 3.8) is 0 Å². The molecule has 1 aromatic rings. The number of amides is 1. The summed E-state index contributed by atoms with van der Waals surface area (Å²) in [6.45, 7) is 1.76. The second-order valence-corrected chi connectivity index (χ2v) is 5.48. The molecule has 0 spiro atoms. The van der Waals surface area contributed by atoms with E-state index in [-0.39, 0.29) is 11.7 Å². The van der Waals surface area contributed by atoms with E-state index in [9.17, 15) is 4.79 Å². The number of nitrogens with one attached hydrogen (secondary N) is 1. The van der Waals surface area contributed by atoms with Gasteiger partial charge in [0.25, 0.3) is 0 Å². The van der Waals surface area contributed by atoms with Crippen LogP contribution >= 0.6 is 0 Å². The number of hydrogen-bond acceptors (Lipinski definition) is 3. The Kier molecular flexibility index (Phi) is 3.63. The molecule has 1 aromatic carbocycles. The van der Waals surface area contributed by atoms with Crippen LogP contribution in [0.25, 0.3) is 0 Å². The zero-order valence-electron chi connectivity index (χ0n) is 11.3. The highest BCUT2D eigenvalue weighted by Crippen LogP contribution is 2.44. The summed E-state index contributed by atoms with van der Waals surface area (Å²) in [4.78, 5) is 10.8. The fraction of sp³-hybridized carbons (Fsp3) is 0.533. The monoisotopic (exact) mass is 277 g/mol. The summed E-state index contributed by atoms with van der Waals surface area (Å²) in [5.41, 5.74) is 2.46. The zero-order chi connectivity index (χ0) is 14.0. The molecule has 0 aromatic heterocycles. The van der Waals surface area contributed by atoms with Crippen LogP contribution in [0.5, 0.6) is 0 Å². The van der Waals surface area contributed by atoms with Gasteiger partial charge in [-0.25, -0.2) is 4.79 Å².